The van der Waals surface area contributed by atoms with Gasteiger partial charge in [-0.15, -0.1) is 0 Å². The van der Waals surface area contributed by atoms with Crippen molar-refractivity contribution in [3.8, 4) is 0 Å². The maximum atomic E-state index is 12.6. The van der Waals surface area contributed by atoms with E-state index in [-0.39, 0.29) is 21.6 Å². The lowest BCUT2D eigenvalue weighted by molar-refractivity contribution is 0.218. The van der Waals surface area contributed by atoms with E-state index in [2.05, 4.69) is 10.0 Å². The first-order valence-electron chi connectivity index (χ1n) is 8.13. The third kappa shape index (κ3) is 3.91. The fraction of sp³-hybridized carbons (Fsp3) is 0.235. The Morgan fingerprint density at radius 3 is 2.30 bits per heavy atom. The minimum Gasteiger partial charge on any atom is -0.323 e. The van der Waals surface area contributed by atoms with Crippen LogP contribution in [0.5, 0.6) is 0 Å². The molecular weight excluding hydrogens is 390 g/mol. The molecule has 0 aliphatic carbocycles. The van der Waals surface area contributed by atoms with Crippen LogP contribution in [0, 0.1) is 0 Å². The molecule has 2 aromatic carbocycles. The van der Waals surface area contributed by atoms with Crippen LogP contribution < -0.4 is 10.0 Å². The maximum Gasteiger partial charge on any atom is 0.321 e. The smallest absolute Gasteiger partial charge is 0.321 e. The Morgan fingerprint density at radius 2 is 1.67 bits per heavy atom. The Kier molecular flexibility index (Phi) is 4.87. The first-order valence-corrected chi connectivity index (χ1v) is 11.3. The summed E-state index contributed by atoms with van der Waals surface area (Å²) in [4.78, 5) is 13.2. The largest absolute Gasteiger partial charge is 0.323 e. The van der Waals surface area contributed by atoms with E-state index in [1.807, 2.05) is 0 Å². The summed E-state index contributed by atoms with van der Waals surface area (Å²) < 4.78 is 51.3. The third-order valence-electron chi connectivity index (χ3n) is 4.23. The van der Waals surface area contributed by atoms with Crippen molar-refractivity contribution in [2.24, 2.45) is 0 Å². The second-order valence-electron chi connectivity index (χ2n) is 6.14. The highest BCUT2D eigenvalue weighted by molar-refractivity contribution is 7.92. The molecular formula is C17H19N3O5S2. The van der Waals surface area contributed by atoms with Crippen LogP contribution in [0.15, 0.2) is 52.3 Å². The van der Waals surface area contributed by atoms with E-state index in [9.17, 15) is 21.6 Å². The number of rotatable bonds is 5. The highest BCUT2D eigenvalue weighted by atomic mass is 32.2. The van der Waals surface area contributed by atoms with Gasteiger partial charge in [-0.3, -0.25) is 4.72 Å². The van der Waals surface area contributed by atoms with Gasteiger partial charge >= 0.3 is 6.03 Å². The van der Waals surface area contributed by atoms with Crippen LogP contribution in [0.3, 0.4) is 0 Å². The molecule has 2 aromatic rings. The molecule has 10 heteroatoms. The van der Waals surface area contributed by atoms with Crippen LogP contribution in [-0.4, -0.2) is 40.6 Å². The molecule has 1 heterocycles. The number of nitrogens with one attached hydrogen (secondary N) is 2. The number of hydrogen-bond acceptors (Lipinski definition) is 5. The number of sulfonamides is 1. The van der Waals surface area contributed by atoms with Crippen LogP contribution in [0.1, 0.15) is 12.5 Å². The lowest BCUT2D eigenvalue weighted by Crippen LogP contribution is -2.35. The Bertz CT molecular complexity index is 1090. The van der Waals surface area contributed by atoms with Crippen LogP contribution in [0.4, 0.5) is 16.2 Å². The zero-order valence-electron chi connectivity index (χ0n) is 14.8. The van der Waals surface area contributed by atoms with Gasteiger partial charge in [-0.05, 0) is 48.0 Å². The highest BCUT2D eigenvalue weighted by Crippen LogP contribution is 2.27. The van der Waals surface area contributed by atoms with Crippen molar-refractivity contribution in [2.75, 3.05) is 22.8 Å². The fourth-order valence-corrected chi connectivity index (χ4v) is 4.59. The topological polar surface area (TPSA) is 113 Å². The first-order chi connectivity index (χ1) is 12.6. The average molecular weight is 409 g/mol. The molecule has 144 valence electrons. The van der Waals surface area contributed by atoms with Crippen molar-refractivity contribution in [2.45, 2.75) is 23.3 Å². The zero-order chi connectivity index (χ0) is 19.8. The number of urea groups is 1. The van der Waals surface area contributed by atoms with Crippen molar-refractivity contribution in [3.05, 3.63) is 48.0 Å². The number of benzene rings is 2. The predicted octanol–water partition coefficient (Wildman–Crippen LogP) is 2.26. The molecule has 0 unspecified atom stereocenters. The van der Waals surface area contributed by atoms with Crippen LogP contribution in [0.25, 0.3) is 0 Å². The minimum absolute atomic E-state index is 0.0410. The summed E-state index contributed by atoms with van der Waals surface area (Å²) in [6.07, 6.45) is 0. The lowest BCUT2D eigenvalue weighted by atomic mass is 10.1. The SMILES string of the molecule is CCS(=O)(=O)c1ccc(S(=O)(=O)Nc2ccc3c(c2)CN(C)C(=O)N3)cc1. The Balaban J connectivity index is 1.85. The van der Waals surface area contributed by atoms with Gasteiger partial charge in [0.05, 0.1) is 15.5 Å². The summed E-state index contributed by atoms with van der Waals surface area (Å²) in [6.45, 7) is 1.89. The molecule has 3 rings (SSSR count). The number of amides is 2. The van der Waals surface area contributed by atoms with Gasteiger partial charge in [0, 0.05) is 25.0 Å². The van der Waals surface area contributed by atoms with E-state index in [0.29, 0.717) is 17.9 Å². The van der Waals surface area contributed by atoms with Crippen molar-refractivity contribution in [1.82, 2.24) is 4.90 Å². The lowest BCUT2D eigenvalue weighted by Gasteiger charge is -2.26. The molecule has 2 amide bonds. The summed E-state index contributed by atoms with van der Waals surface area (Å²) in [5.41, 5.74) is 1.76. The minimum atomic E-state index is -3.88. The van der Waals surface area contributed by atoms with E-state index in [1.54, 1.807) is 25.2 Å². The third-order valence-corrected chi connectivity index (χ3v) is 7.37. The van der Waals surface area contributed by atoms with Crippen LogP contribution in [-0.2, 0) is 26.4 Å². The van der Waals surface area contributed by atoms with E-state index in [0.717, 1.165) is 5.56 Å². The standard InChI is InChI=1S/C17H19N3O5S2/c1-3-26(22,23)14-5-7-15(8-6-14)27(24,25)19-13-4-9-16-12(10-13)11-20(2)17(21)18-16/h4-10,19H,3,11H2,1-2H3,(H,18,21). The second kappa shape index (κ2) is 6.86. The first kappa shape index (κ1) is 19.2. The summed E-state index contributed by atoms with van der Waals surface area (Å²) in [5.74, 6) is -0.0581. The van der Waals surface area contributed by atoms with Crippen LogP contribution >= 0.6 is 0 Å². The van der Waals surface area contributed by atoms with Gasteiger partial charge in [-0.2, -0.15) is 0 Å². The van der Waals surface area contributed by atoms with Crippen molar-refractivity contribution >= 4 is 37.3 Å². The van der Waals surface area contributed by atoms with E-state index >= 15 is 0 Å². The molecule has 0 saturated carbocycles. The molecule has 8 nitrogen and oxygen atoms in total. The van der Waals surface area contributed by atoms with Gasteiger partial charge in [-0.1, -0.05) is 6.92 Å². The quantitative estimate of drug-likeness (QED) is 0.786. The van der Waals surface area contributed by atoms with Crippen molar-refractivity contribution < 1.29 is 21.6 Å². The Hall–Kier alpha value is -2.59. The van der Waals surface area contributed by atoms with Crippen molar-refractivity contribution in [1.29, 1.82) is 0 Å². The number of sulfone groups is 1. The Morgan fingerprint density at radius 1 is 1.04 bits per heavy atom. The molecule has 1 aliphatic heterocycles. The fourth-order valence-electron chi connectivity index (χ4n) is 2.65. The summed E-state index contributed by atoms with van der Waals surface area (Å²) >= 11 is 0. The average Bonchev–Trinajstić information content (AvgIpc) is 2.63. The van der Waals surface area contributed by atoms with Crippen LogP contribution in [0.2, 0.25) is 0 Å². The summed E-state index contributed by atoms with van der Waals surface area (Å²) in [7, 11) is -5.63. The molecule has 1 aliphatic rings. The number of carbonyl (C=O) groups is 1. The number of anilines is 2. The normalized spacial score (nSPS) is 14.4. The molecule has 0 saturated heterocycles. The Labute approximate surface area is 158 Å². The van der Waals surface area contributed by atoms with E-state index < -0.39 is 19.9 Å². The summed E-state index contributed by atoms with van der Waals surface area (Å²) in [5, 5.41) is 2.71. The molecule has 0 fully saturated rings. The number of nitrogens with zero attached hydrogens (tertiary/aromatic N) is 1. The molecule has 0 atom stereocenters. The molecule has 0 bridgehead atoms. The molecule has 2 N–H and O–H groups in total. The molecule has 0 spiro atoms. The number of carbonyl (C=O) groups excluding carboxylic acids is 1. The summed E-state index contributed by atoms with van der Waals surface area (Å²) in [6, 6.07) is 9.70. The van der Waals surface area contributed by atoms with E-state index in [4.69, 9.17) is 0 Å². The number of hydrogen-bond donors (Lipinski definition) is 2. The van der Waals surface area contributed by atoms with Gasteiger partial charge in [0.15, 0.2) is 9.84 Å². The van der Waals surface area contributed by atoms with Gasteiger partial charge in [0.2, 0.25) is 0 Å². The van der Waals surface area contributed by atoms with Gasteiger partial charge in [0.1, 0.15) is 0 Å². The van der Waals surface area contributed by atoms with Gasteiger partial charge in [0.25, 0.3) is 10.0 Å². The van der Waals surface area contributed by atoms with Gasteiger partial charge < -0.3 is 10.2 Å². The second-order valence-corrected chi connectivity index (χ2v) is 10.1. The number of fused-ring (bicyclic) bond motifs is 1. The molecule has 0 aromatic heterocycles. The molecule has 27 heavy (non-hydrogen) atoms. The van der Waals surface area contributed by atoms with E-state index in [1.165, 1.54) is 36.1 Å². The maximum absolute atomic E-state index is 12.6. The highest BCUT2D eigenvalue weighted by Gasteiger charge is 2.21. The molecule has 0 radical (unpaired) electrons. The monoisotopic (exact) mass is 409 g/mol. The predicted molar refractivity (Wildman–Crippen MR) is 102 cm³/mol. The van der Waals surface area contributed by atoms with Gasteiger partial charge in [-0.25, -0.2) is 21.6 Å². The zero-order valence-corrected chi connectivity index (χ0v) is 16.4. The van der Waals surface area contributed by atoms with Crippen molar-refractivity contribution in [3.63, 3.8) is 0 Å².